The first-order valence-electron chi connectivity index (χ1n) is 10.3. The van der Waals surface area contributed by atoms with Crippen LogP contribution in [0.4, 0.5) is 5.82 Å². The molecule has 2 heterocycles. The van der Waals surface area contributed by atoms with E-state index in [4.69, 9.17) is 5.73 Å². The molecule has 0 unspecified atom stereocenters. The number of benzene rings is 1. The van der Waals surface area contributed by atoms with Crippen molar-refractivity contribution in [2.24, 2.45) is 0 Å². The summed E-state index contributed by atoms with van der Waals surface area (Å²) in [5.74, 6) is -0.0564. The minimum absolute atomic E-state index is 0.0978. The van der Waals surface area contributed by atoms with E-state index < -0.39 is 0 Å². The molecule has 0 radical (unpaired) electrons. The van der Waals surface area contributed by atoms with E-state index in [1.165, 1.54) is 23.7 Å². The number of hydrogen-bond donors (Lipinski definition) is 3. The van der Waals surface area contributed by atoms with Crippen LogP contribution < -0.4 is 16.4 Å². The third-order valence-electron chi connectivity index (χ3n) is 5.58. The predicted molar refractivity (Wildman–Crippen MR) is 111 cm³/mol. The van der Waals surface area contributed by atoms with Gasteiger partial charge in [-0.2, -0.15) is 5.10 Å². The Hall–Kier alpha value is -2.87. The molecule has 1 aromatic heterocycles. The fourth-order valence-electron chi connectivity index (χ4n) is 3.63. The van der Waals surface area contributed by atoms with Crippen molar-refractivity contribution >= 4 is 17.6 Å². The quantitative estimate of drug-likeness (QED) is 0.657. The van der Waals surface area contributed by atoms with E-state index in [9.17, 15) is 9.59 Å². The van der Waals surface area contributed by atoms with Crippen molar-refractivity contribution in [3.63, 3.8) is 0 Å². The molecule has 8 nitrogen and oxygen atoms in total. The molecule has 4 rings (SSSR count). The number of rotatable bonds is 7. The van der Waals surface area contributed by atoms with Gasteiger partial charge in [-0.3, -0.25) is 9.59 Å². The van der Waals surface area contributed by atoms with Gasteiger partial charge in [-0.15, -0.1) is 0 Å². The number of likely N-dealkylation sites (tertiary alicyclic amines) is 1. The van der Waals surface area contributed by atoms with Gasteiger partial charge in [0, 0.05) is 24.7 Å². The molecule has 1 saturated heterocycles. The Morgan fingerprint density at radius 2 is 1.97 bits per heavy atom. The first kappa shape index (κ1) is 19.4. The topological polar surface area (TPSA) is 105 Å². The number of nitrogens with zero attached hydrogens (tertiary/aromatic N) is 3. The third-order valence-corrected chi connectivity index (χ3v) is 5.58. The summed E-state index contributed by atoms with van der Waals surface area (Å²) in [6, 6.07) is 5.72. The largest absolute Gasteiger partial charge is 0.383 e. The van der Waals surface area contributed by atoms with Crippen molar-refractivity contribution in [1.82, 2.24) is 25.3 Å². The summed E-state index contributed by atoms with van der Waals surface area (Å²) in [5, 5.41) is 10.2. The summed E-state index contributed by atoms with van der Waals surface area (Å²) in [6.07, 6.45) is 6.01. The van der Waals surface area contributed by atoms with E-state index in [0.29, 0.717) is 23.4 Å². The molecular weight excluding hydrogens is 368 g/mol. The van der Waals surface area contributed by atoms with Crippen molar-refractivity contribution in [1.29, 1.82) is 0 Å². The van der Waals surface area contributed by atoms with Crippen molar-refractivity contribution in [3.05, 3.63) is 41.1 Å². The maximum atomic E-state index is 12.5. The van der Waals surface area contributed by atoms with Crippen molar-refractivity contribution in [2.75, 3.05) is 31.9 Å². The van der Waals surface area contributed by atoms with Gasteiger partial charge >= 0.3 is 0 Å². The van der Waals surface area contributed by atoms with Crippen LogP contribution in [0.1, 0.15) is 52.0 Å². The maximum absolute atomic E-state index is 12.5. The number of amides is 2. The highest BCUT2D eigenvalue weighted by Crippen LogP contribution is 2.23. The molecule has 29 heavy (non-hydrogen) atoms. The van der Waals surface area contributed by atoms with Crippen LogP contribution in [0.3, 0.4) is 0 Å². The zero-order chi connectivity index (χ0) is 20.4. The number of nitrogens with two attached hydrogens (primary N) is 1. The second-order valence-corrected chi connectivity index (χ2v) is 7.91. The van der Waals surface area contributed by atoms with Crippen LogP contribution in [-0.4, -0.2) is 58.7 Å². The SMILES string of the molecule is Cc1ccc(C(=O)NC2CC2)cc1-n1ncc(C(=O)NCCN2CCCC2)c1N. The van der Waals surface area contributed by atoms with Gasteiger partial charge in [-0.25, -0.2) is 4.68 Å². The second-order valence-electron chi connectivity index (χ2n) is 7.91. The summed E-state index contributed by atoms with van der Waals surface area (Å²) in [4.78, 5) is 27.3. The number of anilines is 1. The average molecular weight is 396 g/mol. The predicted octanol–water partition coefficient (Wildman–Crippen LogP) is 1.48. The number of aromatic nitrogens is 2. The Kier molecular flexibility index (Phi) is 5.53. The van der Waals surface area contributed by atoms with Crippen LogP contribution >= 0.6 is 0 Å². The summed E-state index contributed by atoms with van der Waals surface area (Å²) in [7, 11) is 0. The monoisotopic (exact) mass is 396 g/mol. The maximum Gasteiger partial charge on any atom is 0.256 e. The van der Waals surface area contributed by atoms with Gasteiger partial charge in [0.15, 0.2) is 0 Å². The molecular formula is C21H28N6O2. The molecule has 1 saturated carbocycles. The normalized spacial score (nSPS) is 16.7. The zero-order valence-electron chi connectivity index (χ0n) is 16.8. The number of aryl methyl sites for hydroxylation is 1. The molecule has 2 aliphatic rings. The Labute approximate surface area is 170 Å². The van der Waals surface area contributed by atoms with Crippen LogP contribution in [0.5, 0.6) is 0 Å². The molecule has 1 aromatic carbocycles. The average Bonchev–Trinajstić information content (AvgIpc) is 3.21. The van der Waals surface area contributed by atoms with Crippen LogP contribution in [0.2, 0.25) is 0 Å². The van der Waals surface area contributed by atoms with Crippen molar-refractivity contribution in [2.45, 2.75) is 38.6 Å². The highest BCUT2D eigenvalue weighted by Gasteiger charge is 2.24. The third kappa shape index (κ3) is 4.42. The van der Waals surface area contributed by atoms with Gasteiger partial charge in [0.25, 0.3) is 11.8 Å². The standard InChI is InChI=1S/C21H28N6O2/c1-14-4-5-15(20(28)25-16-6-7-16)12-18(14)27-19(22)17(13-24-27)21(29)23-8-11-26-9-2-3-10-26/h4-5,12-13,16H,2-3,6-11,22H2,1H3,(H,23,29)(H,25,28). The van der Waals surface area contributed by atoms with Gasteiger partial charge in [0.05, 0.1) is 11.9 Å². The Balaban J connectivity index is 1.47. The number of hydrogen-bond acceptors (Lipinski definition) is 5. The van der Waals surface area contributed by atoms with E-state index in [2.05, 4.69) is 20.6 Å². The number of carbonyl (C=O) groups is 2. The fourth-order valence-corrected chi connectivity index (χ4v) is 3.63. The molecule has 0 bridgehead atoms. The van der Waals surface area contributed by atoms with Gasteiger partial charge in [-0.1, -0.05) is 6.07 Å². The summed E-state index contributed by atoms with van der Waals surface area (Å²) in [6.45, 7) is 5.55. The Bertz CT molecular complexity index is 912. The fraction of sp³-hybridized carbons (Fsp3) is 0.476. The first-order valence-corrected chi connectivity index (χ1v) is 10.3. The van der Waals surface area contributed by atoms with Crippen LogP contribution in [0.25, 0.3) is 5.69 Å². The molecule has 4 N–H and O–H groups in total. The smallest absolute Gasteiger partial charge is 0.256 e. The van der Waals surface area contributed by atoms with Crippen LogP contribution in [-0.2, 0) is 0 Å². The molecule has 154 valence electrons. The lowest BCUT2D eigenvalue weighted by Gasteiger charge is -2.14. The molecule has 8 heteroatoms. The minimum atomic E-state index is -0.228. The lowest BCUT2D eigenvalue weighted by molar-refractivity contribution is 0.0942. The number of nitrogens with one attached hydrogen (secondary N) is 2. The number of carbonyl (C=O) groups excluding carboxylic acids is 2. The highest BCUT2D eigenvalue weighted by atomic mass is 16.2. The van der Waals surface area contributed by atoms with Crippen molar-refractivity contribution < 1.29 is 9.59 Å². The highest BCUT2D eigenvalue weighted by molar-refractivity contribution is 5.99. The van der Waals surface area contributed by atoms with E-state index in [-0.39, 0.29) is 23.7 Å². The molecule has 2 amide bonds. The van der Waals surface area contributed by atoms with E-state index in [1.54, 1.807) is 12.1 Å². The van der Waals surface area contributed by atoms with Gasteiger partial charge in [-0.05, 0) is 63.4 Å². The van der Waals surface area contributed by atoms with Crippen LogP contribution in [0.15, 0.2) is 24.4 Å². The molecule has 0 atom stereocenters. The second kappa shape index (κ2) is 8.24. The lowest BCUT2D eigenvalue weighted by Crippen LogP contribution is -2.33. The molecule has 2 fully saturated rings. The zero-order valence-corrected chi connectivity index (χ0v) is 16.8. The molecule has 1 aliphatic carbocycles. The molecule has 2 aromatic rings. The van der Waals surface area contributed by atoms with E-state index in [1.807, 2.05) is 13.0 Å². The molecule has 0 spiro atoms. The summed E-state index contributed by atoms with van der Waals surface area (Å²) in [5.41, 5.74) is 8.77. The van der Waals surface area contributed by atoms with Crippen LogP contribution in [0, 0.1) is 6.92 Å². The summed E-state index contributed by atoms with van der Waals surface area (Å²) < 4.78 is 1.53. The lowest BCUT2D eigenvalue weighted by atomic mass is 10.1. The molecule has 1 aliphatic heterocycles. The Morgan fingerprint density at radius 1 is 1.21 bits per heavy atom. The van der Waals surface area contributed by atoms with Gasteiger partial charge in [0.1, 0.15) is 11.4 Å². The van der Waals surface area contributed by atoms with Gasteiger partial charge in [0.2, 0.25) is 0 Å². The minimum Gasteiger partial charge on any atom is -0.383 e. The Morgan fingerprint density at radius 3 is 2.69 bits per heavy atom. The van der Waals surface area contributed by atoms with Crippen molar-refractivity contribution in [3.8, 4) is 5.69 Å². The number of nitrogen functional groups attached to an aromatic ring is 1. The summed E-state index contributed by atoms with van der Waals surface area (Å²) >= 11 is 0. The van der Waals surface area contributed by atoms with Gasteiger partial charge < -0.3 is 21.3 Å². The van der Waals surface area contributed by atoms with E-state index in [0.717, 1.165) is 38.0 Å². The first-order chi connectivity index (χ1) is 14.0. The van der Waals surface area contributed by atoms with E-state index >= 15 is 0 Å².